The Kier molecular flexibility index (Phi) is 8.21. The summed E-state index contributed by atoms with van der Waals surface area (Å²) in [5, 5.41) is 17.3. The van der Waals surface area contributed by atoms with Crippen LogP contribution in [0.4, 0.5) is 32.0 Å². The number of carbonyl (C=O) groups excluding carboxylic acids is 1. The molecular weight excluding hydrogens is 560 g/mol. The molecule has 0 aliphatic carbocycles. The lowest BCUT2D eigenvalue weighted by Gasteiger charge is -2.27. The van der Waals surface area contributed by atoms with Crippen molar-refractivity contribution in [2.24, 2.45) is 0 Å². The Hall–Kier alpha value is -3.88. The van der Waals surface area contributed by atoms with E-state index in [0.717, 1.165) is 4.90 Å². The largest absolute Gasteiger partial charge is 0.491 e. The highest BCUT2D eigenvalue weighted by Crippen LogP contribution is 2.43. The molecule has 0 saturated heterocycles. The molecule has 3 aromatic rings. The number of aliphatic hydroxyl groups is 1. The number of nitrogen functional groups attached to an aromatic ring is 1. The molecule has 0 unspecified atom stereocenters. The van der Waals surface area contributed by atoms with Crippen molar-refractivity contribution in [3.8, 4) is 17.3 Å². The molecule has 2 aromatic heterocycles. The predicted octanol–water partition coefficient (Wildman–Crippen LogP) is 5.49. The van der Waals surface area contributed by atoms with E-state index < -0.39 is 64.7 Å². The Morgan fingerprint density at radius 2 is 1.76 bits per heavy atom. The molecule has 0 saturated carbocycles. The number of carbonyl (C=O) groups is 1. The SMILES string of the molecule is CC(C)Oc1ccc(CN2CCCCC[C@](O)(C(F)(F)F)c3nnc(o3)-c3nc(c(C(F)(F)F)cc3N)C2=O)cc1. The summed E-state index contributed by atoms with van der Waals surface area (Å²) in [6.45, 7) is 3.44. The summed E-state index contributed by atoms with van der Waals surface area (Å²) in [7, 11) is 0. The van der Waals surface area contributed by atoms with Crippen molar-refractivity contribution in [3.63, 3.8) is 0 Å². The van der Waals surface area contributed by atoms with Crippen LogP contribution in [0.15, 0.2) is 34.7 Å². The molecule has 4 rings (SSSR count). The summed E-state index contributed by atoms with van der Waals surface area (Å²) in [6.07, 6.45) is -11.1. The molecule has 0 radical (unpaired) electrons. The van der Waals surface area contributed by atoms with Gasteiger partial charge < -0.3 is 24.9 Å². The average Bonchev–Trinajstić information content (AvgIpc) is 3.36. The Bertz CT molecular complexity index is 1390. The Morgan fingerprint density at radius 1 is 1.07 bits per heavy atom. The normalized spacial score (nSPS) is 18.9. The first-order chi connectivity index (χ1) is 19.1. The van der Waals surface area contributed by atoms with Gasteiger partial charge in [0.1, 0.15) is 11.4 Å². The number of benzene rings is 1. The number of halogens is 6. The second-order valence-electron chi connectivity index (χ2n) is 9.94. The molecule has 1 aliphatic rings. The van der Waals surface area contributed by atoms with Crippen LogP contribution in [0.1, 0.15) is 67.0 Å². The Labute approximate surface area is 230 Å². The first kappa shape index (κ1) is 30.1. The maximum Gasteiger partial charge on any atom is 0.426 e. The minimum absolute atomic E-state index is 0.0941. The summed E-state index contributed by atoms with van der Waals surface area (Å²) in [6, 6.07) is 7.03. The molecule has 1 atom stereocenters. The van der Waals surface area contributed by atoms with Crippen LogP contribution in [-0.4, -0.2) is 49.9 Å². The van der Waals surface area contributed by atoms with Crippen LogP contribution in [-0.2, 0) is 18.3 Å². The summed E-state index contributed by atoms with van der Waals surface area (Å²) < 4.78 is 94.4. The van der Waals surface area contributed by atoms with E-state index in [-0.39, 0.29) is 38.5 Å². The summed E-state index contributed by atoms with van der Waals surface area (Å²) in [4.78, 5) is 18.5. The van der Waals surface area contributed by atoms with E-state index in [1.54, 1.807) is 24.3 Å². The number of fused-ring (bicyclic) bond motifs is 5. The second-order valence-corrected chi connectivity index (χ2v) is 9.94. The zero-order valence-electron chi connectivity index (χ0n) is 22.0. The highest BCUT2D eigenvalue weighted by molar-refractivity contribution is 5.95. The maximum atomic E-state index is 14.0. The zero-order chi connectivity index (χ0) is 30.2. The average molecular weight is 588 g/mol. The van der Waals surface area contributed by atoms with Crippen LogP contribution in [0.5, 0.6) is 5.75 Å². The van der Waals surface area contributed by atoms with Crippen molar-refractivity contribution in [2.45, 2.75) is 70.1 Å². The van der Waals surface area contributed by atoms with Gasteiger partial charge in [-0.2, -0.15) is 26.3 Å². The van der Waals surface area contributed by atoms with Gasteiger partial charge in [0.2, 0.25) is 5.60 Å². The van der Waals surface area contributed by atoms with Crippen molar-refractivity contribution in [1.29, 1.82) is 0 Å². The smallest absolute Gasteiger partial charge is 0.426 e. The first-order valence-electron chi connectivity index (χ1n) is 12.7. The molecule has 3 N–H and O–H groups in total. The fraction of sp³-hybridized carbons (Fsp3) is 0.462. The van der Waals surface area contributed by atoms with Gasteiger partial charge in [0.05, 0.1) is 17.4 Å². The van der Waals surface area contributed by atoms with Crippen LogP contribution in [0.25, 0.3) is 11.6 Å². The van der Waals surface area contributed by atoms with Gasteiger partial charge in [-0.15, -0.1) is 10.2 Å². The van der Waals surface area contributed by atoms with Gasteiger partial charge in [0.25, 0.3) is 17.7 Å². The van der Waals surface area contributed by atoms with Crippen LogP contribution in [0.2, 0.25) is 0 Å². The van der Waals surface area contributed by atoms with E-state index in [0.29, 0.717) is 17.4 Å². The molecule has 41 heavy (non-hydrogen) atoms. The van der Waals surface area contributed by atoms with E-state index in [1.807, 2.05) is 13.8 Å². The van der Waals surface area contributed by atoms with E-state index in [1.165, 1.54) is 0 Å². The van der Waals surface area contributed by atoms with Crippen LogP contribution < -0.4 is 10.5 Å². The van der Waals surface area contributed by atoms with E-state index in [9.17, 15) is 36.2 Å². The minimum atomic E-state index is -5.20. The number of hydrogen-bond donors (Lipinski definition) is 2. The molecule has 9 nitrogen and oxygen atoms in total. The van der Waals surface area contributed by atoms with Gasteiger partial charge in [-0.1, -0.05) is 18.6 Å². The molecule has 222 valence electrons. The fourth-order valence-corrected chi connectivity index (χ4v) is 4.36. The Balaban J connectivity index is 1.81. The number of ether oxygens (including phenoxy) is 1. The third-order valence-electron chi connectivity index (χ3n) is 6.43. The van der Waals surface area contributed by atoms with Crippen molar-refractivity contribution >= 4 is 11.6 Å². The summed E-state index contributed by atoms with van der Waals surface area (Å²) >= 11 is 0. The highest BCUT2D eigenvalue weighted by atomic mass is 19.4. The summed E-state index contributed by atoms with van der Waals surface area (Å²) in [5.74, 6) is -2.52. The molecule has 0 spiro atoms. The van der Waals surface area contributed by atoms with E-state index in [2.05, 4.69) is 15.2 Å². The molecule has 1 amide bonds. The number of hydrogen-bond acceptors (Lipinski definition) is 8. The number of anilines is 1. The molecular formula is C26H27F6N5O4. The van der Waals surface area contributed by atoms with E-state index in [4.69, 9.17) is 14.9 Å². The minimum Gasteiger partial charge on any atom is -0.491 e. The van der Waals surface area contributed by atoms with Gasteiger partial charge in [0.15, 0.2) is 5.69 Å². The standard InChI is InChI=1S/C26H27F6N5O4/c1-14(2)40-16-8-6-15(7-9-16)13-37-11-5-3-4-10-24(39,26(30,31)32)23-36-35-21(41-23)20-18(33)12-17(25(27,28)29)19(34-20)22(37)38/h6-9,12,14,39H,3-5,10-11,13,33H2,1-2H3/t24-/m1/s1. The number of nitrogens with two attached hydrogens (primary N) is 1. The quantitative estimate of drug-likeness (QED) is 0.384. The topological polar surface area (TPSA) is 128 Å². The lowest BCUT2D eigenvalue weighted by Crippen LogP contribution is -2.42. The predicted molar refractivity (Wildman–Crippen MR) is 132 cm³/mol. The number of amides is 1. The first-order valence-corrected chi connectivity index (χ1v) is 12.7. The maximum absolute atomic E-state index is 14.0. The fourth-order valence-electron chi connectivity index (χ4n) is 4.36. The third kappa shape index (κ3) is 6.39. The van der Waals surface area contributed by atoms with Crippen molar-refractivity contribution in [2.75, 3.05) is 12.3 Å². The van der Waals surface area contributed by atoms with Crippen LogP contribution >= 0.6 is 0 Å². The molecule has 4 bridgehead atoms. The number of pyridine rings is 1. The molecule has 3 heterocycles. The highest BCUT2D eigenvalue weighted by Gasteiger charge is 2.58. The third-order valence-corrected chi connectivity index (χ3v) is 6.43. The Morgan fingerprint density at radius 3 is 2.37 bits per heavy atom. The van der Waals surface area contributed by atoms with E-state index >= 15 is 0 Å². The van der Waals surface area contributed by atoms with Crippen LogP contribution in [0, 0.1) is 0 Å². The lowest BCUT2D eigenvalue weighted by molar-refractivity contribution is -0.277. The monoisotopic (exact) mass is 587 g/mol. The van der Waals surface area contributed by atoms with Crippen molar-refractivity contribution < 1.29 is 45.4 Å². The molecule has 1 aromatic carbocycles. The second kappa shape index (κ2) is 11.2. The molecule has 1 aliphatic heterocycles. The number of aromatic nitrogens is 3. The molecule has 15 heteroatoms. The number of alkyl halides is 6. The number of rotatable bonds is 4. The summed E-state index contributed by atoms with van der Waals surface area (Å²) in [5.41, 5.74) is -0.958. The van der Waals surface area contributed by atoms with Gasteiger partial charge >= 0.3 is 12.4 Å². The van der Waals surface area contributed by atoms with Crippen molar-refractivity contribution in [1.82, 2.24) is 20.1 Å². The van der Waals surface area contributed by atoms with Gasteiger partial charge in [0, 0.05) is 13.1 Å². The number of nitrogens with zero attached hydrogens (tertiary/aromatic N) is 4. The van der Waals surface area contributed by atoms with Gasteiger partial charge in [-0.3, -0.25) is 4.79 Å². The van der Waals surface area contributed by atoms with Gasteiger partial charge in [-0.05, 0) is 56.9 Å². The zero-order valence-corrected chi connectivity index (χ0v) is 22.0. The van der Waals surface area contributed by atoms with Crippen molar-refractivity contribution in [3.05, 3.63) is 53.0 Å². The molecule has 0 fully saturated rings. The lowest BCUT2D eigenvalue weighted by atomic mass is 9.95. The van der Waals surface area contributed by atoms with Gasteiger partial charge in [-0.25, -0.2) is 4.98 Å². The van der Waals surface area contributed by atoms with Crippen LogP contribution in [0.3, 0.4) is 0 Å².